The Balaban J connectivity index is 1.56. The lowest BCUT2D eigenvalue weighted by Gasteiger charge is -2.40. The molecule has 2 aromatic rings. The van der Waals surface area contributed by atoms with Crippen molar-refractivity contribution in [1.29, 1.82) is 0 Å². The third kappa shape index (κ3) is 5.71. The van der Waals surface area contributed by atoms with Crippen LogP contribution in [0.3, 0.4) is 0 Å². The van der Waals surface area contributed by atoms with Crippen molar-refractivity contribution in [3.8, 4) is 0 Å². The maximum absolute atomic E-state index is 14.1. The van der Waals surface area contributed by atoms with Crippen molar-refractivity contribution in [2.24, 2.45) is 0 Å². The van der Waals surface area contributed by atoms with E-state index in [0.29, 0.717) is 36.5 Å². The van der Waals surface area contributed by atoms with Crippen LogP contribution in [-0.4, -0.2) is 72.6 Å². The highest BCUT2D eigenvalue weighted by Gasteiger charge is 2.38. The van der Waals surface area contributed by atoms with Gasteiger partial charge in [-0.2, -0.15) is 0 Å². The number of likely N-dealkylation sites (N-methyl/N-ethyl adjacent to an activating group) is 1. The Morgan fingerprint density at radius 1 is 0.971 bits per heavy atom. The first-order valence-corrected chi connectivity index (χ1v) is 12.2. The summed E-state index contributed by atoms with van der Waals surface area (Å²) in [5.41, 5.74) is 2.70. The van der Waals surface area contributed by atoms with Crippen molar-refractivity contribution in [2.75, 3.05) is 45.9 Å². The lowest BCUT2D eigenvalue weighted by molar-refractivity contribution is -0.139. The molecule has 2 aromatic carbocycles. The number of ether oxygens (including phenoxy) is 1. The fourth-order valence-electron chi connectivity index (χ4n) is 4.74. The van der Waals surface area contributed by atoms with E-state index in [9.17, 15) is 14.0 Å². The van der Waals surface area contributed by atoms with Crippen molar-refractivity contribution < 1.29 is 18.7 Å². The molecule has 8 heteroatoms. The second-order valence-corrected chi connectivity index (χ2v) is 8.76. The first kappa shape index (κ1) is 24.9. The molecule has 7 nitrogen and oxygen atoms in total. The van der Waals surface area contributed by atoms with Crippen LogP contribution >= 0.6 is 0 Å². The minimum atomic E-state index is -0.567. The minimum absolute atomic E-state index is 0.182. The number of hydrogen-bond donors (Lipinski definition) is 1. The number of halogens is 1. The number of carbonyl (C=O) groups excluding carboxylic acids is 2. The van der Waals surface area contributed by atoms with E-state index in [1.165, 1.54) is 6.07 Å². The number of amides is 2. The zero-order valence-electron chi connectivity index (χ0n) is 20.4. The van der Waals surface area contributed by atoms with Gasteiger partial charge in [0.15, 0.2) is 0 Å². The van der Waals surface area contributed by atoms with E-state index in [1.54, 1.807) is 17.9 Å². The van der Waals surface area contributed by atoms with Crippen LogP contribution in [0.5, 0.6) is 0 Å². The van der Waals surface area contributed by atoms with E-state index in [-0.39, 0.29) is 18.5 Å². The molecule has 2 amide bonds. The van der Waals surface area contributed by atoms with Crippen molar-refractivity contribution in [3.05, 3.63) is 82.8 Å². The number of nitrogens with one attached hydrogen (secondary N) is 1. The number of esters is 1. The van der Waals surface area contributed by atoms with Crippen LogP contribution in [0.1, 0.15) is 31.0 Å². The molecule has 0 aliphatic carbocycles. The molecule has 2 aliphatic heterocycles. The average molecular weight is 481 g/mol. The Hall–Kier alpha value is -3.23. The fourth-order valence-corrected chi connectivity index (χ4v) is 4.74. The van der Waals surface area contributed by atoms with Gasteiger partial charge in [0.25, 0.3) is 0 Å². The SMILES string of the molecule is CCOC(=O)C1=C(CN2CCN(Cc3ccccc3F)CC2)N(CC)C(=O)NC1c1ccccc1. The molecule has 2 aliphatic rings. The molecule has 0 bridgehead atoms. The molecule has 0 radical (unpaired) electrons. The fraction of sp³-hybridized carbons (Fsp3) is 0.407. The van der Waals surface area contributed by atoms with Crippen molar-refractivity contribution in [3.63, 3.8) is 0 Å². The lowest BCUT2D eigenvalue weighted by Crippen LogP contribution is -2.53. The first-order valence-electron chi connectivity index (χ1n) is 12.2. The summed E-state index contributed by atoms with van der Waals surface area (Å²) in [6.07, 6.45) is 0. The maximum atomic E-state index is 14.1. The highest BCUT2D eigenvalue weighted by Crippen LogP contribution is 2.32. The number of carbonyl (C=O) groups is 2. The van der Waals surface area contributed by atoms with Crippen molar-refractivity contribution in [1.82, 2.24) is 20.0 Å². The van der Waals surface area contributed by atoms with Gasteiger partial charge in [0, 0.05) is 57.1 Å². The van der Waals surface area contributed by atoms with Gasteiger partial charge in [-0.05, 0) is 25.5 Å². The molecule has 1 saturated heterocycles. The minimum Gasteiger partial charge on any atom is -0.463 e. The van der Waals surface area contributed by atoms with Gasteiger partial charge in [-0.15, -0.1) is 0 Å². The number of hydrogen-bond acceptors (Lipinski definition) is 5. The zero-order valence-corrected chi connectivity index (χ0v) is 20.4. The highest BCUT2D eigenvalue weighted by atomic mass is 19.1. The molecule has 35 heavy (non-hydrogen) atoms. The highest BCUT2D eigenvalue weighted by molar-refractivity contribution is 5.95. The summed E-state index contributed by atoms with van der Waals surface area (Å²) in [5, 5.41) is 3.00. The van der Waals surface area contributed by atoms with Crippen molar-refractivity contribution >= 4 is 12.0 Å². The third-order valence-electron chi connectivity index (χ3n) is 6.57. The Kier molecular flexibility index (Phi) is 8.15. The Morgan fingerprint density at radius 2 is 1.60 bits per heavy atom. The molecule has 4 rings (SSSR count). The smallest absolute Gasteiger partial charge is 0.338 e. The number of urea groups is 1. The maximum Gasteiger partial charge on any atom is 0.338 e. The third-order valence-corrected chi connectivity index (χ3v) is 6.57. The number of benzene rings is 2. The summed E-state index contributed by atoms with van der Waals surface area (Å²) >= 11 is 0. The summed E-state index contributed by atoms with van der Waals surface area (Å²) in [5.74, 6) is -0.592. The van der Waals surface area contributed by atoms with E-state index < -0.39 is 12.0 Å². The molecule has 1 atom stereocenters. The summed E-state index contributed by atoms with van der Waals surface area (Å²) in [7, 11) is 0. The normalized spacial score (nSPS) is 19.6. The molecule has 186 valence electrons. The lowest BCUT2D eigenvalue weighted by atomic mass is 9.94. The molecule has 1 unspecified atom stereocenters. The van der Waals surface area contributed by atoms with Crippen LogP contribution in [0.4, 0.5) is 9.18 Å². The van der Waals surface area contributed by atoms with Crippen LogP contribution in [0.15, 0.2) is 65.9 Å². The van der Waals surface area contributed by atoms with Crippen LogP contribution in [-0.2, 0) is 16.1 Å². The first-order chi connectivity index (χ1) is 17.0. The van der Waals surface area contributed by atoms with Crippen LogP contribution in [0.2, 0.25) is 0 Å². The summed E-state index contributed by atoms with van der Waals surface area (Å²) in [6.45, 7) is 8.47. The number of rotatable bonds is 8. The van der Waals surface area contributed by atoms with Gasteiger partial charge in [0.05, 0.1) is 18.2 Å². The second kappa shape index (κ2) is 11.5. The Morgan fingerprint density at radius 3 is 2.23 bits per heavy atom. The van der Waals surface area contributed by atoms with E-state index >= 15 is 0 Å². The van der Waals surface area contributed by atoms with Crippen LogP contribution in [0, 0.1) is 5.82 Å². The molecule has 1 fully saturated rings. The van der Waals surface area contributed by atoms with Gasteiger partial charge in [-0.1, -0.05) is 48.5 Å². The van der Waals surface area contributed by atoms with E-state index in [1.807, 2.05) is 49.4 Å². The van der Waals surface area contributed by atoms with E-state index in [0.717, 1.165) is 31.7 Å². The molecule has 0 spiro atoms. The summed E-state index contributed by atoms with van der Waals surface area (Å²) in [4.78, 5) is 32.3. The number of piperazine rings is 1. The predicted molar refractivity (Wildman–Crippen MR) is 132 cm³/mol. The van der Waals surface area contributed by atoms with Gasteiger partial charge >= 0.3 is 12.0 Å². The quantitative estimate of drug-likeness (QED) is 0.586. The van der Waals surface area contributed by atoms with Gasteiger partial charge < -0.3 is 10.1 Å². The molecule has 1 N–H and O–H groups in total. The van der Waals surface area contributed by atoms with E-state index in [4.69, 9.17) is 4.74 Å². The van der Waals surface area contributed by atoms with Gasteiger partial charge in [0.2, 0.25) is 0 Å². The largest absolute Gasteiger partial charge is 0.463 e. The standard InChI is InChI=1S/C27H33FN4O3/c1-3-32-23(19-31-16-14-30(15-17-31)18-21-12-8-9-13-22(21)28)24(26(33)35-4-2)25(29-27(32)34)20-10-6-5-7-11-20/h5-13,25H,3-4,14-19H2,1-2H3,(H,29,34). The molecular formula is C27H33FN4O3. The number of nitrogens with zero attached hydrogens (tertiary/aromatic N) is 3. The van der Waals surface area contributed by atoms with Crippen LogP contribution < -0.4 is 5.32 Å². The zero-order chi connectivity index (χ0) is 24.8. The Labute approximate surface area is 206 Å². The molecular weight excluding hydrogens is 447 g/mol. The molecule has 0 aromatic heterocycles. The summed E-state index contributed by atoms with van der Waals surface area (Å²) < 4.78 is 19.5. The van der Waals surface area contributed by atoms with Gasteiger partial charge in [0.1, 0.15) is 5.82 Å². The average Bonchev–Trinajstić information content (AvgIpc) is 2.87. The Bertz CT molecular complexity index is 1070. The van der Waals surface area contributed by atoms with Gasteiger partial charge in [-0.25, -0.2) is 14.0 Å². The topological polar surface area (TPSA) is 65.1 Å². The van der Waals surface area contributed by atoms with Crippen molar-refractivity contribution in [2.45, 2.75) is 26.4 Å². The van der Waals surface area contributed by atoms with Gasteiger partial charge in [-0.3, -0.25) is 14.7 Å². The molecule has 0 saturated carbocycles. The predicted octanol–water partition coefficient (Wildman–Crippen LogP) is 3.55. The van der Waals surface area contributed by atoms with Crippen LogP contribution in [0.25, 0.3) is 0 Å². The molecule has 2 heterocycles. The second-order valence-electron chi connectivity index (χ2n) is 8.76. The monoisotopic (exact) mass is 480 g/mol. The van der Waals surface area contributed by atoms with E-state index in [2.05, 4.69) is 15.1 Å². The summed E-state index contributed by atoms with van der Waals surface area (Å²) in [6, 6.07) is 15.6.